The highest BCUT2D eigenvalue weighted by Gasteiger charge is 2.26. The van der Waals surface area contributed by atoms with Crippen LogP contribution in [0.3, 0.4) is 0 Å². The minimum atomic E-state index is -4.73. The van der Waals surface area contributed by atoms with Crippen molar-refractivity contribution in [3.8, 4) is 28.7 Å². The number of hydrogen-bond donors (Lipinski definition) is 3. The van der Waals surface area contributed by atoms with E-state index in [0.29, 0.717) is 17.7 Å². The summed E-state index contributed by atoms with van der Waals surface area (Å²) < 4.78 is 44.1. The fourth-order valence-corrected chi connectivity index (χ4v) is 2.96. The van der Waals surface area contributed by atoms with Gasteiger partial charge in [-0.2, -0.15) is 8.42 Å². The van der Waals surface area contributed by atoms with E-state index in [-0.39, 0.29) is 35.5 Å². The smallest absolute Gasteiger partial charge is 0.432 e. The van der Waals surface area contributed by atoms with Gasteiger partial charge in [-0.15, -0.1) is 0 Å². The molecule has 0 radical (unpaired) electrons. The van der Waals surface area contributed by atoms with Gasteiger partial charge in [0.2, 0.25) is 5.75 Å². The SMILES string of the molecule is COc1c(O)ccc(C2COc3cc(OOS(=O)(=O)O)ccc3C2)c1O. The van der Waals surface area contributed by atoms with Crippen molar-refractivity contribution in [3.63, 3.8) is 0 Å². The lowest BCUT2D eigenvalue weighted by atomic mass is 9.89. The molecule has 3 rings (SSSR count). The van der Waals surface area contributed by atoms with Gasteiger partial charge in [0.05, 0.1) is 13.7 Å². The summed E-state index contributed by atoms with van der Waals surface area (Å²) in [7, 11) is -3.38. The molecular formula is C16H16O9S. The first-order valence-corrected chi connectivity index (χ1v) is 8.83. The largest absolute Gasteiger partial charge is 0.504 e. The van der Waals surface area contributed by atoms with Gasteiger partial charge in [0, 0.05) is 17.5 Å². The Morgan fingerprint density at radius 3 is 2.65 bits per heavy atom. The molecule has 3 N–H and O–H groups in total. The zero-order valence-corrected chi connectivity index (χ0v) is 14.4. The molecule has 10 heteroatoms. The van der Waals surface area contributed by atoms with Crippen LogP contribution in [0.1, 0.15) is 17.0 Å². The van der Waals surface area contributed by atoms with Crippen LogP contribution in [0, 0.1) is 0 Å². The van der Waals surface area contributed by atoms with Crippen LogP contribution in [0.4, 0.5) is 0 Å². The lowest BCUT2D eigenvalue weighted by molar-refractivity contribution is -0.102. The normalized spacial score (nSPS) is 16.5. The van der Waals surface area contributed by atoms with Gasteiger partial charge in [-0.05, 0) is 28.5 Å². The standard InChI is InChI=1S/C16H16O9S/c1-22-16-13(17)5-4-12(15(16)18)10-6-9-2-3-11(7-14(9)23-8-10)24-25-26(19,20)21/h2-5,7,10,17-18H,6,8H2,1H3,(H,19,20,21). The molecule has 0 aromatic heterocycles. The van der Waals surface area contributed by atoms with Crippen LogP contribution in [0.15, 0.2) is 30.3 Å². The summed E-state index contributed by atoms with van der Waals surface area (Å²) in [6, 6.07) is 7.57. The number of phenols is 2. The van der Waals surface area contributed by atoms with Crippen molar-refractivity contribution < 1.29 is 41.9 Å². The van der Waals surface area contributed by atoms with Crippen molar-refractivity contribution in [3.05, 3.63) is 41.5 Å². The average Bonchev–Trinajstić information content (AvgIpc) is 2.59. The van der Waals surface area contributed by atoms with E-state index < -0.39 is 10.4 Å². The maximum absolute atomic E-state index is 10.5. The molecule has 0 amide bonds. The van der Waals surface area contributed by atoms with E-state index in [0.717, 1.165) is 5.56 Å². The topological polar surface area (TPSA) is 132 Å². The monoisotopic (exact) mass is 384 g/mol. The first-order chi connectivity index (χ1) is 12.3. The summed E-state index contributed by atoms with van der Waals surface area (Å²) in [5, 5.41) is 20.0. The number of rotatable bonds is 5. The lowest BCUT2D eigenvalue weighted by Crippen LogP contribution is -2.19. The Balaban J connectivity index is 1.80. The van der Waals surface area contributed by atoms with E-state index in [9.17, 15) is 18.6 Å². The second-order valence-electron chi connectivity index (χ2n) is 5.62. The molecule has 0 bridgehead atoms. The zero-order valence-electron chi connectivity index (χ0n) is 13.6. The average molecular weight is 384 g/mol. The molecule has 0 aliphatic carbocycles. The van der Waals surface area contributed by atoms with Gasteiger partial charge in [-0.25, -0.2) is 0 Å². The Morgan fingerprint density at radius 2 is 1.96 bits per heavy atom. The molecule has 0 saturated carbocycles. The molecule has 26 heavy (non-hydrogen) atoms. The predicted molar refractivity (Wildman–Crippen MR) is 88.0 cm³/mol. The Bertz CT molecular complexity index is 924. The van der Waals surface area contributed by atoms with Crippen molar-refractivity contribution in [1.29, 1.82) is 0 Å². The lowest BCUT2D eigenvalue weighted by Gasteiger charge is -2.26. The first-order valence-electron chi connectivity index (χ1n) is 7.46. The molecular weight excluding hydrogens is 368 g/mol. The molecule has 2 aromatic rings. The number of methoxy groups -OCH3 is 1. The third-order valence-corrected chi connectivity index (χ3v) is 4.19. The number of hydrogen-bond acceptors (Lipinski definition) is 8. The zero-order chi connectivity index (χ0) is 18.9. The number of benzene rings is 2. The summed E-state index contributed by atoms with van der Waals surface area (Å²) >= 11 is 0. The third-order valence-electron chi connectivity index (χ3n) is 3.95. The second kappa shape index (κ2) is 6.90. The molecule has 1 aliphatic heterocycles. The van der Waals surface area contributed by atoms with Crippen LogP contribution >= 0.6 is 0 Å². The molecule has 0 saturated heterocycles. The molecule has 0 fully saturated rings. The highest BCUT2D eigenvalue weighted by molar-refractivity contribution is 7.80. The minimum absolute atomic E-state index is 0.000550. The predicted octanol–water partition coefficient (Wildman–Crippen LogP) is 1.94. The number of fused-ring (bicyclic) bond motifs is 1. The van der Waals surface area contributed by atoms with Gasteiger partial charge in [0.25, 0.3) is 0 Å². The van der Waals surface area contributed by atoms with Gasteiger partial charge >= 0.3 is 10.4 Å². The van der Waals surface area contributed by atoms with Gasteiger partial charge in [-0.1, -0.05) is 12.1 Å². The summed E-state index contributed by atoms with van der Waals surface area (Å²) in [5.74, 6) is 0.00620. The molecule has 1 unspecified atom stereocenters. The molecule has 1 aliphatic rings. The van der Waals surface area contributed by atoms with Crippen LogP contribution in [-0.2, 0) is 21.2 Å². The van der Waals surface area contributed by atoms with E-state index in [1.165, 1.54) is 25.3 Å². The Morgan fingerprint density at radius 1 is 1.19 bits per heavy atom. The van der Waals surface area contributed by atoms with Crippen molar-refractivity contribution in [2.45, 2.75) is 12.3 Å². The summed E-state index contributed by atoms with van der Waals surface area (Å²) in [5.41, 5.74) is 1.37. The Kier molecular flexibility index (Phi) is 4.81. The summed E-state index contributed by atoms with van der Waals surface area (Å²) in [6.45, 7) is 0.233. The van der Waals surface area contributed by atoms with Crippen LogP contribution in [0.5, 0.6) is 28.7 Å². The molecule has 1 heterocycles. The summed E-state index contributed by atoms with van der Waals surface area (Å²) in [6.07, 6.45) is 0.524. The number of phenolic OH excluding ortho intramolecular Hbond substituents is 2. The Hall–Kier alpha value is -2.69. The quantitative estimate of drug-likeness (QED) is 0.402. The maximum Gasteiger partial charge on any atom is 0.432 e. The highest BCUT2D eigenvalue weighted by atomic mass is 32.3. The van der Waals surface area contributed by atoms with Crippen molar-refractivity contribution in [2.24, 2.45) is 0 Å². The molecule has 140 valence electrons. The second-order valence-corrected chi connectivity index (χ2v) is 6.61. The van der Waals surface area contributed by atoms with Crippen molar-refractivity contribution in [2.75, 3.05) is 13.7 Å². The maximum atomic E-state index is 10.5. The van der Waals surface area contributed by atoms with Crippen molar-refractivity contribution in [1.82, 2.24) is 0 Å². The van der Waals surface area contributed by atoms with E-state index in [4.69, 9.17) is 14.0 Å². The molecule has 9 nitrogen and oxygen atoms in total. The van der Waals surface area contributed by atoms with Crippen LogP contribution < -0.4 is 14.4 Å². The highest BCUT2D eigenvalue weighted by Crippen LogP contribution is 2.44. The van der Waals surface area contributed by atoms with E-state index in [1.807, 2.05) is 0 Å². The van der Waals surface area contributed by atoms with Crippen LogP contribution in [0.25, 0.3) is 0 Å². The third kappa shape index (κ3) is 3.77. The van der Waals surface area contributed by atoms with E-state index in [1.54, 1.807) is 12.1 Å². The molecule has 2 aromatic carbocycles. The van der Waals surface area contributed by atoms with Gasteiger partial charge in [0.1, 0.15) is 5.75 Å². The molecule has 0 spiro atoms. The minimum Gasteiger partial charge on any atom is -0.504 e. The number of ether oxygens (including phenoxy) is 2. The number of aromatic hydroxyl groups is 2. The fraction of sp³-hybridized carbons (Fsp3) is 0.250. The van der Waals surface area contributed by atoms with Gasteiger partial charge in [0.15, 0.2) is 17.2 Å². The van der Waals surface area contributed by atoms with E-state index >= 15 is 0 Å². The van der Waals surface area contributed by atoms with Crippen LogP contribution in [0.2, 0.25) is 0 Å². The molecule has 1 atom stereocenters. The summed E-state index contributed by atoms with van der Waals surface area (Å²) in [4.78, 5) is 4.51. The van der Waals surface area contributed by atoms with Gasteiger partial charge in [-0.3, -0.25) is 4.55 Å². The van der Waals surface area contributed by atoms with Crippen molar-refractivity contribution >= 4 is 10.4 Å². The van der Waals surface area contributed by atoms with Crippen LogP contribution in [-0.4, -0.2) is 36.9 Å². The van der Waals surface area contributed by atoms with Gasteiger partial charge < -0.3 is 24.6 Å². The first kappa shape index (κ1) is 18.1. The Labute approximate surface area is 149 Å². The van der Waals surface area contributed by atoms with E-state index in [2.05, 4.69) is 9.22 Å². The fourth-order valence-electron chi connectivity index (χ4n) is 2.79.